The van der Waals surface area contributed by atoms with Crippen LogP contribution in [-0.4, -0.2) is 7.05 Å². The Kier molecular flexibility index (Phi) is 4.10. The largest absolute Gasteiger partial charge is 0.370 e. The molecule has 4 rings (SSSR count). The van der Waals surface area contributed by atoms with E-state index < -0.39 is 0 Å². The van der Waals surface area contributed by atoms with Crippen molar-refractivity contribution in [2.24, 2.45) is 4.99 Å². The van der Waals surface area contributed by atoms with Crippen LogP contribution < -0.4 is 15.5 Å². The average molecular weight is 344 g/mol. The lowest BCUT2D eigenvalue weighted by Crippen LogP contribution is -2.17. The number of rotatable bonds is 3. The standard InChI is InChI=1S/C22H20N2S/c1-15-5-4-6-17(11-15)14-24(3)18-8-10-20-22(13-18)25-21-12-16(2)7-9-19(21)23-20/h4-13H,2,14H2,1,3H3. The zero-order valence-electron chi connectivity index (χ0n) is 14.5. The summed E-state index contributed by atoms with van der Waals surface area (Å²) in [6.07, 6.45) is 0. The van der Waals surface area contributed by atoms with Gasteiger partial charge in [-0.15, -0.1) is 0 Å². The van der Waals surface area contributed by atoms with Crippen molar-refractivity contribution in [2.75, 3.05) is 11.9 Å². The Morgan fingerprint density at radius 2 is 1.88 bits per heavy atom. The van der Waals surface area contributed by atoms with Crippen LogP contribution in [0.5, 0.6) is 0 Å². The monoisotopic (exact) mass is 344 g/mol. The predicted molar refractivity (Wildman–Crippen MR) is 106 cm³/mol. The van der Waals surface area contributed by atoms with Crippen LogP contribution in [0.2, 0.25) is 0 Å². The summed E-state index contributed by atoms with van der Waals surface area (Å²) >= 11 is 1.78. The molecule has 0 saturated carbocycles. The molecule has 0 bridgehead atoms. The van der Waals surface area contributed by atoms with Crippen LogP contribution in [0.4, 0.5) is 11.4 Å². The lowest BCUT2D eigenvalue weighted by Gasteiger charge is -2.22. The first-order valence-corrected chi connectivity index (χ1v) is 9.16. The molecule has 1 aliphatic rings. The molecule has 3 aromatic rings. The van der Waals surface area contributed by atoms with Gasteiger partial charge < -0.3 is 4.90 Å². The van der Waals surface area contributed by atoms with Crippen LogP contribution in [0.1, 0.15) is 11.1 Å². The topological polar surface area (TPSA) is 15.6 Å². The molecule has 0 unspecified atom stereocenters. The predicted octanol–water partition coefficient (Wildman–Crippen LogP) is 4.46. The van der Waals surface area contributed by atoms with Gasteiger partial charge in [0.05, 0.1) is 11.0 Å². The second-order valence-corrected chi connectivity index (χ2v) is 7.60. The van der Waals surface area contributed by atoms with Crippen molar-refractivity contribution >= 4 is 29.7 Å². The molecule has 25 heavy (non-hydrogen) atoms. The van der Waals surface area contributed by atoms with Crippen molar-refractivity contribution in [1.82, 2.24) is 0 Å². The summed E-state index contributed by atoms with van der Waals surface area (Å²) in [6, 6.07) is 21.3. The fourth-order valence-corrected chi connectivity index (χ4v) is 4.13. The molecule has 0 spiro atoms. The van der Waals surface area contributed by atoms with E-state index in [4.69, 9.17) is 4.99 Å². The Morgan fingerprint density at radius 1 is 1.00 bits per heavy atom. The van der Waals surface area contributed by atoms with Gasteiger partial charge in [-0.25, -0.2) is 4.99 Å². The highest BCUT2D eigenvalue weighted by atomic mass is 32.2. The number of hydrogen-bond donors (Lipinski definition) is 0. The lowest BCUT2D eigenvalue weighted by atomic mass is 10.1. The molecule has 124 valence electrons. The van der Waals surface area contributed by atoms with E-state index >= 15 is 0 Å². The summed E-state index contributed by atoms with van der Waals surface area (Å²) in [6.45, 7) is 7.05. The molecule has 0 saturated heterocycles. The quantitative estimate of drug-likeness (QED) is 0.545. The molecule has 0 radical (unpaired) electrons. The number of hydrogen-bond acceptors (Lipinski definition) is 3. The van der Waals surface area contributed by atoms with E-state index in [-0.39, 0.29) is 0 Å². The summed E-state index contributed by atoms with van der Waals surface area (Å²) < 4.78 is 0. The minimum atomic E-state index is 0.891. The number of nitrogens with zero attached hydrogens (tertiary/aromatic N) is 2. The molecule has 3 aromatic carbocycles. The highest BCUT2D eigenvalue weighted by Gasteiger charge is 2.13. The average Bonchev–Trinajstić information content (AvgIpc) is 2.59. The number of fused-ring (bicyclic) bond motifs is 2. The summed E-state index contributed by atoms with van der Waals surface area (Å²) in [5.41, 5.74) is 4.87. The van der Waals surface area contributed by atoms with Crippen LogP contribution in [-0.2, 0) is 6.54 Å². The van der Waals surface area contributed by atoms with Gasteiger partial charge >= 0.3 is 0 Å². The Balaban J connectivity index is 1.64. The molecule has 0 amide bonds. The third-order valence-corrected chi connectivity index (χ3v) is 5.47. The van der Waals surface area contributed by atoms with Crippen LogP contribution >= 0.6 is 11.8 Å². The fourth-order valence-electron chi connectivity index (χ4n) is 3.07. The molecule has 0 fully saturated rings. The molecule has 2 nitrogen and oxygen atoms in total. The first-order chi connectivity index (χ1) is 12.1. The van der Waals surface area contributed by atoms with Crippen molar-refractivity contribution < 1.29 is 0 Å². The highest BCUT2D eigenvalue weighted by Crippen LogP contribution is 2.38. The third-order valence-electron chi connectivity index (χ3n) is 4.37. The van der Waals surface area contributed by atoms with Crippen LogP contribution in [0.15, 0.2) is 75.4 Å². The Hall–Kier alpha value is -2.52. The van der Waals surface area contributed by atoms with E-state index in [0.29, 0.717) is 0 Å². The smallest absolute Gasteiger partial charge is 0.0778 e. The Bertz CT molecular complexity index is 1060. The van der Waals surface area contributed by atoms with Gasteiger partial charge in [0.2, 0.25) is 0 Å². The summed E-state index contributed by atoms with van der Waals surface area (Å²) in [7, 11) is 2.14. The van der Waals surface area contributed by atoms with Crippen molar-refractivity contribution in [2.45, 2.75) is 23.3 Å². The molecule has 1 aliphatic heterocycles. The van der Waals surface area contributed by atoms with Gasteiger partial charge in [-0.3, -0.25) is 0 Å². The normalized spacial score (nSPS) is 12.1. The van der Waals surface area contributed by atoms with Gasteiger partial charge in [-0.2, -0.15) is 0 Å². The minimum Gasteiger partial charge on any atom is -0.370 e. The van der Waals surface area contributed by atoms with E-state index in [1.54, 1.807) is 11.8 Å². The van der Waals surface area contributed by atoms with E-state index in [0.717, 1.165) is 22.8 Å². The first kappa shape index (κ1) is 16.0. The van der Waals surface area contributed by atoms with Crippen molar-refractivity contribution in [1.29, 1.82) is 0 Å². The molecular formula is C22H20N2S. The van der Waals surface area contributed by atoms with Crippen molar-refractivity contribution in [3.8, 4) is 0 Å². The molecule has 0 atom stereocenters. The fraction of sp³-hybridized carbons (Fsp3) is 0.136. The second kappa shape index (κ2) is 6.41. The van der Waals surface area contributed by atoms with E-state index in [1.165, 1.54) is 26.6 Å². The zero-order chi connectivity index (χ0) is 17.4. The van der Waals surface area contributed by atoms with E-state index in [9.17, 15) is 0 Å². The van der Waals surface area contributed by atoms with Crippen molar-refractivity contribution in [3.05, 3.63) is 82.4 Å². The summed E-state index contributed by atoms with van der Waals surface area (Å²) in [5.74, 6) is 0. The first-order valence-electron chi connectivity index (χ1n) is 8.35. The lowest BCUT2D eigenvalue weighted by molar-refractivity contribution is 0.918. The highest BCUT2D eigenvalue weighted by molar-refractivity contribution is 7.99. The van der Waals surface area contributed by atoms with Gasteiger partial charge in [0.1, 0.15) is 0 Å². The Labute approximate surface area is 152 Å². The van der Waals surface area contributed by atoms with Gasteiger partial charge in [0.25, 0.3) is 0 Å². The van der Waals surface area contributed by atoms with Crippen molar-refractivity contribution in [3.63, 3.8) is 0 Å². The molecule has 1 heterocycles. The van der Waals surface area contributed by atoms with E-state index in [2.05, 4.69) is 74.0 Å². The van der Waals surface area contributed by atoms with Gasteiger partial charge in [0.15, 0.2) is 0 Å². The van der Waals surface area contributed by atoms with Gasteiger partial charge in [0, 0.05) is 29.1 Å². The molecule has 0 aromatic heterocycles. The molecule has 0 N–H and O–H groups in total. The van der Waals surface area contributed by atoms with Gasteiger partial charge in [-0.05, 0) is 48.0 Å². The van der Waals surface area contributed by atoms with Crippen LogP contribution in [0.25, 0.3) is 6.58 Å². The van der Waals surface area contributed by atoms with Crippen LogP contribution in [0.3, 0.4) is 0 Å². The maximum absolute atomic E-state index is 4.78. The van der Waals surface area contributed by atoms with Crippen LogP contribution in [0, 0.1) is 6.92 Å². The SMILES string of the molecule is C=c1ccc2c(c1)Sc1cc(N(C)Cc3cccc(C)c3)ccc1N=2. The van der Waals surface area contributed by atoms with E-state index in [1.807, 2.05) is 12.1 Å². The number of aryl methyl sites for hydroxylation is 1. The summed E-state index contributed by atoms with van der Waals surface area (Å²) in [4.78, 5) is 9.44. The maximum Gasteiger partial charge on any atom is 0.0778 e. The third kappa shape index (κ3) is 3.33. The molecule has 3 heteroatoms. The Morgan fingerprint density at radius 3 is 2.72 bits per heavy atom. The minimum absolute atomic E-state index is 0.891. The zero-order valence-corrected chi connectivity index (χ0v) is 15.3. The molecule has 0 aliphatic carbocycles. The summed E-state index contributed by atoms with van der Waals surface area (Å²) in [5, 5.41) is 2.06. The van der Waals surface area contributed by atoms with Gasteiger partial charge in [-0.1, -0.05) is 54.2 Å². The molecular weight excluding hydrogens is 324 g/mol. The number of benzene rings is 3. The maximum atomic E-state index is 4.78. The second-order valence-electron chi connectivity index (χ2n) is 6.51. The number of anilines is 1.